The Morgan fingerprint density at radius 1 is 0.797 bits per heavy atom. The van der Waals surface area contributed by atoms with E-state index in [1.807, 2.05) is 24.3 Å². The maximum absolute atomic E-state index is 14.5. The molecule has 372 valence electrons. The van der Waals surface area contributed by atoms with E-state index in [2.05, 4.69) is 46.5 Å². The lowest BCUT2D eigenvalue weighted by Crippen LogP contribution is -2.61. The lowest BCUT2D eigenvalue weighted by Gasteiger charge is -2.31. The second-order valence-electron chi connectivity index (χ2n) is 17.9. The molecule has 0 radical (unpaired) electrons. The van der Waals surface area contributed by atoms with E-state index in [4.69, 9.17) is 17.2 Å². The Labute approximate surface area is 399 Å². The van der Waals surface area contributed by atoms with Crippen molar-refractivity contribution in [3.05, 3.63) is 84.1 Å². The highest BCUT2D eigenvalue weighted by Gasteiger charge is 2.41. The molecule has 0 bridgehead atoms. The van der Waals surface area contributed by atoms with Crippen LogP contribution in [0.2, 0.25) is 0 Å². The van der Waals surface area contributed by atoms with E-state index in [0.29, 0.717) is 29.7 Å². The number of aliphatic imine (C=N–C) groups is 1. The average molecular weight is 956 g/mol. The number of benzene rings is 2. The van der Waals surface area contributed by atoms with Gasteiger partial charge in [-0.05, 0) is 66.8 Å². The summed E-state index contributed by atoms with van der Waals surface area (Å²) < 4.78 is 0. The fourth-order valence-electron chi connectivity index (χ4n) is 8.14. The zero-order valence-corrected chi connectivity index (χ0v) is 39.2. The van der Waals surface area contributed by atoms with E-state index >= 15 is 0 Å². The summed E-state index contributed by atoms with van der Waals surface area (Å²) in [5.41, 5.74) is 19.4. The van der Waals surface area contributed by atoms with Crippen molar-refractivity contribution in [2.75, 3.05) is 13.1 Å². The first-order valence-electron chi connectivity index (χ1n) is 23.0. The minimum atomic E-state index is -1.31. The van der Waals surface area contributed by atoms with Gasteiger partial charge in [0.2, 0.25) is 35.4 Å². The molecular weight excluding hydrogens is 891 g/mol. The molecule has 1 fully saturated rings. The summed E-state index contributed by atoms with van der Waals surface area (Å²) in [6, 6.07) is 5.07. The molecule has 7 atom stereocenters. The summed E-state index contributed by atoms with van der Waals surface area (Å²) >= 11 is 0. The minimum absolute atomic E-state index is 0.0146. The van der Waals surface area contributed by atoms with Crippen LogP contribution in [-0.2, 0) is 52.8 Å². The van der Waals surface area contributed by atoms with Gasteiger partial charge in [-0.3, -0.25) is 33.8 Å². The van der Waals surface area contributed by atoms with Crippen LogP contribution in [0.4, 0.5) is 0 Å². The lowest BCUT2D eigenvalue weighted by molar-refractivity contribution is -0.145. The third-order valence-corrected chi connectivity index (χ3v) is 12.0. The number of carboxylic acid groups (broad SMARTS) is 1. The number of aromatic hydroxyl groups is 1. The molecule has 6 amide bonds. The summed E-state index contributed by atoms with van der Waals surface area (Å²) in [4.78, 5) is 112. The number of nitrogens with two attached hydrogens (primary N) is 3. The van der Waals surface area contributed by atoms with Gasteiger partial charge in [-0.15, -0.1) is 0 Å². The number of rotatable bonds is 24. The molecule has 2 aromatic carbocycles. The normalized spacial score (nSPS) is 16.2. The van der Waals surface area contributed by atoms with E-state index < -0.39 is 95.5 Å². The first-order valence-corrected chi connectivity index (χ1v) is 23.0. The highest BCUT2D eigenvalue weighted by atomic mass is 16.4. The van der Waals surface area contributed by atoms with Crippen LogP contribution < -0.4 is 43.8 Å². The Morgan fingerprint density at radius 2 is 1.45 bits per heavy atom. The zero-order chi connectivity index (χ0) is 50.4. The van der Waals surface area contributed by atoms with Gasteiger partial charge in [0.1, 0.15) is 42.0 Å². The number of nitrogens with one attached hydrogen (secondary N) is 7. The van der Waals surface area contributed by atoms with Gasteiger partial charge in [0.25, 0.3) is 0 Å². The maximum atomic E-state index is 14.5. The topological polar surface area (TPSA) is 358 Å². The summed E-state index contributed by atoms with van der Waals surface area (Å²) in [5, 5.41) is 34.5. The van der Waals surface area contributed by atoms with Crippen molar-refractivity contribution < 1.29 is 43.8 Å². The minimum Gasteiger partial charge on any atom is -0.508 e. The van der Waals surface area contributed by atoms with Crippen LogP contribution in [0, 0.1) is 11.8 Å². The monoisotopic (exact) mass is 956 g/mol. The molecule has 0 aliphatic carbocycles. The highest BCUT2D eigenvalue weighted by molar-refractivity contribution is 5.97. The third kappa shape index (κ3) is 14.7. The Morgan fingerprint density at radius 3 is 2.07 bits per heavy atom. The van der Waals surface area contributed by atoms with Crippen molar-refractivity contribution in [3.8, 4) is 5.75 Å². The molecular formula is C47H65N13O9. The smallest absolute Gasteiger partial charge is 0.326 e. The third-order valence-electron chi connectivity index (χ3n) is 12.0. The zero-order valence-electron chi connectivity index (χ0n) is 39.2. The molecule has 69 heavy (non-hydrogen) atoms. The van der Waals surface area contributed by atoms with Gasteiger partial charge in [0.15, 0.2) is 5.96 Å². The number of guanidine groups is 1. The van der Waals surface area contributed by atoms with Crippen LogP contribution in [0.3, 0.4) is 0 Å². The van der Waals surface area contributed by atoms with Gasteiger partial charge in [-0.25, -0.2) is 9.78 Å². The molecule has 0 unspecified atom stereocenters. The van der Waals surface area contributed by atoms with E-state index in [1.165, 1.54) is 29.6 Å². The fourth-order valence-corrected chi connectivity index (χ4v) is 8.14. The molecule has 0 saturated carbocycles. The number of aromatic nitrogens is 3. The first-order chi connectivity index (χ1) is 32.8. The molecule has 2 aromatic heterocycles. The highest BCUT2D eigenvalue weighted by Crippen LogP contribution is 2.23. The molecule has 22 nitrogen and oxygen atoms in total. The van der Waals surface area contributed by atoms with E-state index in [-0.39, 0.29) is 56.9 Å². The van der Waals surface area contributed by atoms with Crippen molar-refractivity contribution in [2.24, 2.45) is 34.0 Å². The predicted molar refractivity (Wildman–Crippen MR) is 256 cm³/mol. The quantitative estimate of drug-likeness (QED) is 0.0247. The maximum Gasteiger partial charge on any atom is 0.326 e. The number of fused-ring (bicyclic) bond motifs is 1. The molecule has 0 spiro atoms. The number of carbonyl (C=O) groups is 7. The Kier molecular flexibility index (Phi) is 18.6. The van der Waals surface area contributed by atoms with Gasteiger partial charge in [-0.2, -0.15) is 0 Å². The van der Waals surface area contributed by atoms with Gasteiger partial charge in [-0.1, -0.05) is 58.0 Å². The fraction of sp³-hybridized carbons (Fsp3) is 0.468. The number of hydrogen-bond donors (Lipinski definition) is 12. The predicted octanol–water partition coefficient (Wildman–Crippen LogP) is -0.183. The number of para-hydroxylation sites is 1. The van der Waals surface area contributed by atoms with Gasteiger partial charge in [0.05, 0.1) is 12.4 Å². The summed E-state index contributed by atoms with van der Waals surface area (Å²) in [5.74, 6) is -6.45. The van der Waals surface area contributed by atoms with Crippen LogP contribution in [-0.4, -0.2) is 133 Å². The number of phenolic OH excluding ortho intramolecular Hbond substituents is 1. The number of carboxylic acids is 1. The van der Waals surface area contributed by atoms with Gasteiger partial charge in [0, 0.05) is 61.3 Å². The van der Waals surface area contributed by atoms with Crippen LogP contribution in [0.5, 0.6) is 5.75 Å². The molecule has 1 aliphatic heterocycles. The second-order valence-corrected chi connectivity index (χ2v) is 17.9. The number of aliphatic carboxylic acids is 1. The number of aromatic amines is 2. The standard InChI is InChI=1S/C47H65N13O9/c1-25(2)38(58-40(62)32(48)10-7-17-52-47(49)50)43(65)55-34(19-27-13-15-30(61)16-14-27)41(63)59-39(26(3)4)44(66)56-35(21-29-23-51-24-54-29)45(67)60-18-8-12-37(60)42(64)57-36(46(68)69)20-28-22-53-33-11-6-5-9-31(28)33/h5-6,9,11,13-16,22-26,32,34-39,53,61H,7-8,10,12,17-21,48H2,1-4H3,(H,51,54)(H,55,65)(H,56,66)(H,57,64)(H,58,62)(H,59,63)(H,68,69)(H4,49,50,52)/t32-,34-,35-,36-,37-,38-,39-/m0/s1. The Balaban J connectivity index is 1.32. The Hall–Kier alpha value is -7.49. The number of hydrogen-bond acceptors (Lipinski definition) is 11. The largest absolute Gasteiger partial charge is 0.508 e. The second kappa shape index (κ2) is 24.5. The van der Waals surface area contributed by atoms with Crippen LogP contribution in [0.1, 0.15) is 70.2 Å². The van der Waals surface area contributed by atoms with E-state index in [1.54, 1.807) is 46.0 Å². The van der Waals surface area contributed by atoms with Crippen molar-refractivity contribution in [2.45, 2.75) is 115 Å². The molecule has 5 rings (SSSR count). The number of H-pyrrole nitrogens is 2. The van der Waals surface area contributed by atoms with Crippen molar-refractivity contribution in [1.82, 2.24) is 46.4 Å². The molecule has 15 N–H and O–H groups in total. The van der Waals surface area contributed by atoms with Crippen molar-refractivity contribution >= 4 is 58.3 Å². The lowest BCUT2D eigenvalue weighted by atomic mass is 9.98. The molecule has 22 heteroatoms. The summed E-state index contributed by atoms with van der Waals surface area (Å²) in [6.45, 7) is 7.19. The number of amides is 6. The van der Waals surface area contributed by atoms with Crippen LogP contribution in [0.15, 0.2) is 72.2 Å². The molecule has 4 aromatic rings. The Bertz CT molecular complexity index is 2430. The SMILES string of the molecule is CC(C)[C@H](NC(=O)[C@H](Cc1ccc(O)cc1)NC(=O)[C@@H](NC(=O)[C@@H](N)CCCN=C(N)N)C(C)C)C(=O)N[C@@H](Cc1cnc[nH]1)C(=O)N1CCC[C@H]1C(=O)N[C@@H](Cc1c[nH]c2ccccc12)C(=O)O. The first kappa shape index (κ1) is 52.5. The van der Waals surface area contributed by atoms with Crippen molar-refractivity contribution in [1.29, 1.82) is 0 Å². The number of phenols is 1. The number of carbonyl (C=O) groups excluding carboxylic acids is 6. The van der Waals surface area contributed by atoms with Crippen LogP contribution in [0.25, 0.3) is 10.9 Å². The molecule has 1 saturated heterocycles. The average Bonchev–Trinajstić information content (AvgIpc) is 4.10. The van der Waals surface area contributed by atoms with Crippen molar-refractivity contribution in [3.63, 3.8) is 0 Å². The summed E-state index contributed by atoms with van der Waals surface area (Å²) in [6.07, 6.45) is 5.72. The van der Waals surface area contributed by atoms with E-state index in [9.17, 15) is 43.8 Å². The molecule has 1 aliphatic rings. The number of imidazole rings is 1. The number of nitrogens with zero attached hydrogens (tertiary/aromatic N) is 3. The number of likely N-dealkylation sites (tertiary alicyclic amines) is 1. The molecule has 3 heterocycles. The van der Waals surface area contributed by atoms with E-state index in [0.717, 1.165) is 10.9 Å². The van der Waals surface area contributed by atoms with Gasteiger partial charge >= 0.3 is 5.97 Å². The van der Waals surface area contributed by atoms with Crippen LogP contribution >= 0.6 is 0 Å². The summed E-state index contributed by atoms with van der Waals surface area (Å²) in [7, 11) is 0. The van der Waals surface area contributed by atoms with Gasteiger partial charge < -0.3 is 68.9 Å².